The average Bonchev–Trinajstić information content (AvgIpc) is 2.46. The number of rotatable bonds is 5. The van der Waals surface area contributed by atoms with Crippen LogP contribution in [0.4, 0.5) is 0 Å². The molecule has 5 heteroatoms. The molecule has 3 nitrogen and oxygen atoms in total. The van der Waals surface area contributed by atoms with Gasteiger partial charge in [0.2, 0.25) is 0 Å². The van der Waals surface area contributed by atoms with E-state index in [1.54, 1.807) is 14.0 Å². The van der Waals surface area contributed by atoms with Crippen LogP contribution in [-0.4, -0.2) is 12.2 Å². The maximum atomic E-state index is 9.80. The molecule has 0 spiro atoms. The molecule has 0 fully saturated rings. The molecule has 0 aromatic heterocycles. The second kappa shape index (κ2) is 7.29. The minimum Gasteiger partial charge on any atom is -0.497 e. The zero-order valence-electron chi connectivity index (χ0n) is 11.8. The molecule has 0 aliphatic heterocycles. The molecule has 0 saturated heterocycles. The van der Waals surface area contributed by atoms with Crippen LogP contribution in [0.2, 0.25) is 0 Å². The summed E-state index contributed by atoms with van der Waals surface area (Å²) < 4.78 is 13.0. The van der Waals surface area contributed by atoms with E-state index in [1.807, 2.05) is 36.4 Å². The fourth-order valence-electron chi connectivity index (χ4n) is 1.92. The smallest absolute Gasteiger partial charge is 0.126 e. The summed E-state index contributed by atoms with van der Waals surface area (Å²) in [7, 11) is 1.63. The molecule has 0 aliphatic carbocycles. The standard InChI is InChI=1S/C16H16Br2O3/c1-10(19)14-5-3-12(17)8-16(14)21-9-11-7-13(20-2)4-6-15(11)18/h3-8,10,19H,9H2,1-2H3. The quantitative estimate of drug-likeness (QED) is 0.758. The highest BCUT2D eigenvalue weighted by Gasteiger charge is 2.11. The Morgan fingerprint density at radius 2 is 1.90 bits per heavy atom. The van der Waals surface area contributed by atoms with Crippen molar-refractivity contribution in [3.8, 4) is 11.5 Å². The first kappa shape index (κ1) is 16.3. The minimum absolute atomic E-state index is 0.383. The molecule has 0 radical (unpaired) electrons. The van der Waals surface area contributed by atoms with Crippen molar-refractivity contribution in [1.82, 2.24) is 0 Å². The first-order valence-electron chi connectivity index (χ1n) is 6.44. The molecule has 1 atom stereocenters. The van der Waals surface area contributed by atoms with Crippen molar-refractivity contribution in [2.75, 3.05) is 7.11 Å². The number of benzene rings is 2. The normalized spacial score (nSPS) is 12.0. The van der Waals surface area contributed by atoms with Crippen molar-refractivity contribution < 1.29 is 14.6 Å². The first-order chi connectivity index (χ1) is 10.0. The van der Waals surface area contributed by atoms with E-state index in [0.29, 0.717) is 12.4 Å². The number of hydrogen-bond donors (Lipinski definition) is 1. The molecule has 1 N–H and O–H groups in total. The van der Waals surface area contributed by atoms with Crippen LogP contribution >= 0.6 is 31.9 Å². The Labute approximate surface area is 141 Å². The molecule has 2 aromatic rings. The summed E-state index contributed by atoms with van der Waals surface area (Å²) in [5, 5.41) is 9.80. The molecule has 0 saturated carbocycles. The van der Waals surface area contributed by atoms with Crippen LogP contribution in [0.3, 0.4) is 0 Å². The van der Waals surface area contributed by atoms with Gasteiger partial charge in [-0.1, -0.05) is 37.9 Å². The summed E-state index contributed by atoms with van der Waals surface area (Å²) in [6, 6.07) is 11.3. The van der Waals surface area contributed by atoms with Crippen molar-refractivity contribution in [2.45, 2.75) is 19.6 Å². The highest BCUT2D eigenvalue weighted by atomic mass is 79.9. The van der Waals surface area contributed by atoms with Crippen molar-refractivity contribution >= 4 is 31.9 Å². The van der Waals surface area contributed by atoms with E-state index in [-0.39, 0.29) is 0 Å². The predicted molar refractivity (Wildman–Crippen MR) is 89.8 cm³/mol. The zero-order chi connectivity index (χ0) is 15.4. The Morgan fingerprint density at radius 1 is 1.14 bits per heavy atom. The number of ether oxygens (including phenoxy) is 2. The van der Waals surface area contributed by atoms with E-state index >= 15 is 0 Å². The number of halogens is 2. The maximum absolute atomic E-state index is 9.80. The summed E-state index contributed by atoms with van der Waals surface area (Å²) in [5.74, 6) is 1.44. The number of aliphatic hydroxyl groups excluding tert-OH is 1. The van der Waals surface area contributed by atoms with E-state index in [0.717, 1.165) is 25.8 Å². The van der Waals surface area contributed by atoms with Gasteiger partial charge in [0.05, 0.1) is 13.2 Å². The van der Waals surface area contributed by atoms with Gasteiger partial charge in [0.15, 0.2) is 0 Å². The Bertz CT molecular complexity index is 627. The van der Waals surface area contributed by atoms with Crippen LogP contribution in [-0.2, 0) is 6.61 Å². The van der Waals surface area contributed by atoms with Gasteiger partial charge in [-0.15, -0.1) is 0 Å². The average molecular weight is 416 g/mol. The molecule has 0 amide bonds. The fourth-order valence-corrected chi connectivity index (χ4v) is 2.62. The van der Waals surface area contributed by atoms with E-state index in [1.165, 1.54) is 0 Å². The van der Waals surface area contributed by atoms with Crippen LogP contribution in [0, 0.1) is 0 Å². The lowest BCUT2D eigenvalue weighted by Gasteiger charge is -2.15. The summed E-state index contributed by atoms with van der Waals surface area (Å²) in [4.78, 5) is 0. The van der Waals surface area contributed by atoms with Gasteiger partial charge in [0, 0.05) is 20.1 Å². The monoisotopic (exact) mass is 414 g/mol. The highest BCUT2D eigenvalue weighted by Crippen LogP contribution is 2.30. The van der Waals surface area contributed by atoms with Crippen LogP contribution in [0.5, 0.6) is 11.5 Å². The molecule has 0 aliphatic rings. The lowest BCUT2D eigenvalue weighted by molar-refractivity contribution is 0.190. The lowest BCUT2D eigenvalue weighted by Crippen LogP contribution is -2.02. The van der Waals surface area contributed by atoms with Gasteiger partial charge in [-0.05, 0) is 37.3 Å². The van der Waals surface area contributed by atoms with Crippen LogP contribution < -0.4 is 9.47 Å². The molecule has 2 rings (SSSR count). The van der Waals surface area contributed by atoms with E-state index in [4.69, 9.17) is 9.47 Å². The minimum atomic E-state index is -0.582. The van der Waals surface area contributed by atoms with Crippen molar-refractivity contribution in [3.63, 3.8) is 0 Å². The number of methoxy groups -OCH3 is 1. The Morgan fingerprint density at radius 3 is 2.57 bits per heavy atom. The predicted octanol–water partition coefficient (Wildman–Crippen LogP) is 4.85. The van der Waals surface area contributed by atoms with Crippen molar-refractivity contribution in [2.24, 2.45) is 0 Å². The first-order valence-corrected chi connectivity index (χ1v) is 8.02. The number of hydrogen-bond acceptors (Lipinski definition) is 3. The topological polar surface area (TPSA) is 38.7 Å². The molecule has 0 heterocycles. The van der Waals surface area contributed by atoms with Gasteiger partial charge in [0.1, 0.15) is 18.1 Å². The molecule has 1 unspecified atom stereocenters. The van der Waals surface area contributed by atoms with Gasteiger partial charge in [-0.2, -0.15) is 0 Å². The van der Waals surface area contributed by atoms with E-state index < -0.39 is 6.10 Å². The van der Waals surface area contributed by atoms with Crippen LogP contribution in [0.1, 0.15) is 24.2 Å². The Hall–Kier alpha value is -1.04. The maximum Gasteiger partial charge on any atom is 0.126 e. The van der Waals surface area contributed by atoms with Gasteiger partial charge < -0.3 is 14.6 Å². The van der Waals surface area contributed by atoms with Gasteiger partial charge in [-0.3, -0.25) is 0 Å². The van der Waals surface area contributed by atoms with Gasteiger partial charge >= 0.3 is 0 Å². The van der Waals surface area contributed by atoms with Crippen molar-refractivity contribution in [1.29, 1.82) is 0 Å². The molecular weight excluding hydrogens is 400 g/mol. The lowest BCUT2D eigenvalue weighted by atomic mass is 10.1. The number of aliphatic hydroxyl groups is 1. The van der Waals surface area contributed by atoms with Gasteiger partial charge in [-0.25, -0.2) is 0 Å². The second-order valence-electron chi connectivity index (χ2n) is 4.60. The Kier molecular flexibility index (Phi) is 5.67. The molecule has 0 bridgehead atoms. The highest BCUT2D eigenvalue weighted by molar-refractivity contribution is 9.10. The third-order valence-electron chi connectivity index (χ3n) is 3.06. The molecule has 21 heavy (non-hydrogen) atoms. The van der Waals surface area contributed by atoms with Crippen LogP contribution in [0.25, 0.3) is 0 Å². The Balaban J connectivity index is 2.22. The molecule has 2 aromatic carbocycles. The third-order valence-corrected chi connectivity index (χ3v) is 4.33. The summed E-state index contributed by atoms with van der Waals surface area (Å²) in [5.41, 5.74) is 1.74. The largest absolute Gasteiger partial charge is 0.497 e. The van der Waals surface area contributed by atoms with Crippen LogP contribution in [0.15, 0.2) is 45.3 Å². The summed E-state index contributed by atoms with van der Waals surface area (Å²) in [6.07, 6.45) is -0.582. The van der Waals surface area contributed by atoms with E-state index in [2.05, 4.69) is 31.9 Å². The molecule has 112 valence electrons. The van der Waals surface area contributed by atoms with Crippen molar-refractivity contribution in [3.05, 3.63) is 56.5 Å². The van der Waals surface area contributed by atoms with Gasteiger partial charge in [0.25, 0.3) is 0 Å². The molecular formula is C16H16Br2O3. The summed E-state index contributed by atoms with van der Waals surface area (Å²) >= 11 is 6.92. The third kappa shape index (κ3) is 4.22. The SMILES string of the molecule is COc1ccc(Br)c(COc2cc(Br)ccc2C(C)O)c1. The zero-order valence-corrected chi connectivity index (χ0v) is 14.9. The van der Waals surface area contributed by atoms with E-state index in [9.17, 15) is 5.11 Å². The fraction of sp³-hybridized carbons (Fsp3) is 0.250. The second-order valence-corrected chi connectivity index (χ2v) is 6.37. The summed E-state index contributed by atoms with van der Waals surface area (Å²) in [6.45, 7) is 2.10.